The van der Waals surface area contributed by atoms with Crippen LogP contribution in [0.15, 0.2) is 53.3 Å². The number of carbonyl (C=O) groups is 1. The van der Waals surface area contributed by atoms with Gasteiger partial charge in [0, 0.05) is 10.5 Å². The summed E-state index contributed by atoms with van der Waals surface area (Å²) in [6.07, 6.45) is 3.59. The van der Waals surface area contributed by atoms with Crippen LogP contribution in [0.3, 0.4) is 0 Å². The molecule has 6 heteroatoms. The molecule has 0 unspecified atom stereocenters. The molecular formula is C14H14BrClN2O2. The average Bonchev–Trinajstić information content (AvgIpc) is 2.41. The molecule has 2 rings (SSSR count). The minimum absolute atomic E-state index is 0. The van der Waals surface area contributed by atoms with Crippen LogP contribution in [0.4, 0.5) is 0 Å². The molecule has 0 fully saturated rings. The molecule has 0 aliphatic heterocycles. The lowest BCUT2D eigenvalue weighted by atomic mass is 10.3. The third-order valence-corrected chi connectivity index (χ3v) is 3.10. The highest BCUT2D eigenvalue weighted by Crippen LogP contribution is 2.15. The molecule has 20 heavy (non-hydrogen) atoms. The largest absolute Gasteiger partial charge is 1.00 e. The number of ether oxygens (including phenoxy) is 1. The van der Waals surface area contributed by atoms with Crippen molar-refractivity contribution in [2.75, 3.05) is 6.61 Å². The van der Waals surface area contributed by atoms with E-state index in [9.17, 15) is 4.79 Å². The van der Waals surface area contributed by atoms with Crippen molar-refractivity contribution in [3.8, 4) is 5.75 Å². The van der Waals surface area contributed by atoms with E-state index in [1.54, 1.807) is 18.3 Å². The molecule has 1 aromatic carbocycles. The highest BCUT2D eigenvalue weighted by molar-refractivity contribution is 9.10. The average molecular weight is 358 g/mol. The lowest BCUT2D eigenvalue weighted by Gasteiger charge is -2.04. The van der Waals surface area contributed by atoms with E-state index in [4.69, 9.17) is 10.5 Å². The van der Waals surface area contributed by atoms with Gasteiger partial charge in [-0.1, -0.05) is 15.9 Å². The fourth-order valence-electron chi connectivity index (χ4n) is 1.61. The van der Waals surface area contributed by atoms with E-state index in [1.807, 2.05) is 35.0 Å². The first-order valence-electron chi connectivity index (χ1n) is 5.82. The first-order chi connectivity index (χ1) is 9.15. The SMILES string of the molecule is NC(=O)c1ccc[n+](CCOc2ccc(Br)cc2)c1.[Cl-]. The van der Waals surface area contributed by atoms with Crippen LogP contribution in [0, 0.1) is 0 Å². The van der Waals surface area contributed by atoms with Gasteiger partial charge in [0.2, 0.25) is 0 Å². The van der Waals surface area contributed by atoms with Crippen molar-refractivity contribution >= 4 is 21.8 Å². The van der Waals surface area contributed by atoms with E-state index >= 15 is 0 Å². The summed E-state index contributed by atoms with van der Waals surface area (Å²) in [5.74, 6) is 0.387. The third-order valence-electron chi connectivity index (χ3n) is 2.57. The molecule has 0 aliphatic rings. The van der Waals surface area contributed by atoms with Gasteiger partial charge in [0.15, 0.2) is 18.9 Å². The maximum Gasteiger partial charge on any atom is 0.254 e. The number of hydrogen-bond acceptors (Lipinski definition) is 2. The molecule has 1 heterocycles. The molecule has 2 aromatic rings. The molecule has 1 aromatic heterocycles. The van der Waals surface area contributed by atoms with Gasteiger partial charge >= 0.3 is 0 Å². The van der Waals surface area contributed by atoms with Crippen molar-refractivity contribution in [2.45, 2.75) is 6.54 Å². The second-order valence-electron chi connectivity index (χ2n) is 4.00. The molecule has 0 atom stereocenters. The normalized spacial score (nSPS) is 9.65. The summed E-state index contributed by atoms with van der Waals surface area (Å²) in [6.45, 7) is 1.17. The number of halogens is 2. The molecule has 0 saturated carbocycles. The first-order valence-corrected chi connectivity index (χ1v) is 6.62. The smallest absolute Gasteiger partial charge is 0.254 e. The predicted molar refractivity (Wildman–Crippen MR) is 74.8 cm³/mol. The summed E-state index contributed by atoms with van der Waals surface area (Å²) < 4.78 is 8.50. The van der Waals surface area contributed by atoms with E-state index < -0.39 is 5.91 Å². The van der Waals surface area contributed by atoms with Crippen LogP contribution in [0.25, 0.3) is 0 Å². The number of benzene rings is 1. The van der Waals surface area contributed by atoms with Crippen LogP contribution < -0.4 is 27.4 Å². The number of aromatic nitrogens is 1. The third kappa shape index (κ3) is 4.83. The van der Waals surface area contributed by atoms with Crippen LogP contribution in [0.1, 0.15) is 10.4 Å². The zero-order chi connectivity index (χ0) is 13.7. The fraction of sp³-hybridized carbons (Fsp3) is 0.143. The number of nitrogens with zero attached hydrogens (tertiary/aromatic N) is 1. The van der Waals surface area contributed by atoms with Crippen molar-refractivity contribution < 1.29 is 26.5 Å². The minimum atomic E-state index is -0.428. The maximum absolute atomic E-state index is 11.1. The van der Waals surface area contributed by atoms with Gasteiger partial charge in [-0.05, 0) is 30.3 Å². The summed E-state index contributed by atoms with van der Waals surface area (Å²) in [6, 6.07) is 11.1. The van der Waals surface area contributed by atoms with Crippen molar-refractivity contribution in [3.05, 3.63) is 58.8 Å². The van der Waals surface area contributed by atoms with Crippen LogP contribution in [0.2, 0.25) is 0 Å². The van der Waals surface area contributed by atoms with Gasteiger partial charge in [0.05, 0.1) is 0 Å². The summed E-state index contributed by atoms with van der Waals surface area (Å²) in [5.41, 5.74) is 5.72. The van der Waals surface area contributed by atoms with Crippen molar-refractivity contribution in [1.29, 1.82) is 0 Å². The van der Waals surface area contributed by atoms with Gasteiger partial charge in [0.25, 0.3) is 5.91 Å². The predicted octanol–water partition coefficient (Wildman–Crippen LogP) is -1.08. The number of amides is 1. The van der Waals surface area contributed by atoms with Crippen LogP contribution >= 0.6 is 15.9 Å². The molecule has 0 radical (unpaired) electrons. The van der Waals surface area contributed by atoms with Crippen molar-refractivity contribution in [1.82, 2.24) is 0 Å². The first kappa shape index (κ1) is 16.5. The molecule has 4 nitrogen and oxygen atoms in total. The Balaban J connectivity index is 0.00000200. The Hall–Kier alpha value is -1.59. The number of nitrogens with two attached hydrogens (primary N) is 1. The topological polar surface area (TPSA) is 56.2 Å². The lowest BCUT2D eigenvalue weighted by Crippen LogP contribution is -3.00. The number of hydrogen-bond donors (Lipinski definition) is 1. The summed E-state index contributed by atoms with van der Waals surface area (Å²) in [5, 5.41) is 0. The Morgan fingerprint density at radius 3 is 2.60 bits per heavy atom. The lowest BCUT2D eigenvalue weighted by molar-refractivity contribution is -0.697. The molecule has 1 amide bonds. The van der Waals surface area contributed by atoms with Gasteiger partial charge in [-0.2, -0.15) is 0 Å². The Labute approximate surface area is 132 Å². The molecule has 0 aliphatic carbocycles. The highest BCUT2D eigenvalue weighted by atomic mass is 79.9. The summed E-state index contributed by atoms with van der Waals surface area (Å²) >= 11 is 3.37. The zero-order valence-electron chi connectivity index (χ0n) is 10.6. The van der Waals surface area contributed by atoms with Crippen LogP contribution in [-0.4, -0.2) is 12.5 Å². The summed E-state index contributed by atoms with van der Waals surface area (Å²) in [4.78, 5) is 11.1. The Morgan fingerprint density at radius 1 is 1.25 bits per heavy atom. The second-order valence-corrected chi connectivity index (χ2v) is 4.91. The number of pyridine rings is 1. The molecule has 0 spiro atoms. The van der Waals surface area contributed by atoms with Crippen molar-refractivity contribution in [2.24, 2.45) is 5.73 Å². The molecule has 2 N–H and O–H groups in total. The standard InChI is InChI=1S/C14H13BrN2O2.ClH/c15-12-3-5-13(6-4-12)19-9-8-17-7-1-2-11(10-17)14(16)18;/h1-7,10H,8-9H2,(H-,16,18);1H. The zero-order valence-corrected chi connectivity index (χ0v) is 13.0. The van der Waals surface area contributed by atoms with Gasteiger partial charge in [-0.25, -0.2) is 4.57 Å². The number of rotatable bonds is 5. The molecule has 0 saturated heterocycles. The van der Waals surface area contributed by atoms with Gasteiger partial charge in [0.1, 0.15) is 17.9 Å². The Morgan fingerprint density at radius 2 is 1.95 bits per heavy atom. The van der Waals surface area contributed by atoms with Crippen LogP contribution in [0.5, 0.6) is 5.75 Å². The van der Waals surface area contributed by atoms with Gasteiger partial charge in [-0.3, -0.25) is 4.79 Å². The number of primary amides is 1. The minimum Gasteiger partial charge on any atom is -1.00 e. The van der Waals surface area contributed by atoms with Gasteiger partial charge in [-0.15, -0.1) is 0 Å². The fourth-order valence-corrected chi connectivity index (χ4v) is 1.87. The monoisotopic (exact) mass is 356 g/mol. The summed E-state index contributed by atoms with van der Waals surface area (Å²) in [7, 11) is 0. The van der Waals surface area contributed by atoms with E-state index in [1.165, 1.54) is 0 Å². The highest BCUT2D eigenvalue weighted by Gasteiger charge is 2.07. The maximum atomic E-state index is 11.1. The van der Waals surface area contributed by atoms with Crippen LogP contribution in [-0.2, 0) is 6.54 Å². The Bertz CT molecular complexity index is 576. The molecule has 106 valence electrons. The second kappa shape index (κ2) is 7.87. The van der Waals surface area contributed by atoms with E-state index in [0.29, 0.717) is 18.7 Å². The Kier molecular flexibility index (Phi) is 6.48. The number of carbonyl (C=O) groups excluding carboxylic acids is 1. The molecule has 0 bridgehead atoms. The molecular weight excluding hydrogens is 344 g/mol. The van der Waals surface area contributed by atoms with Crippen molar-refractivity contribution in [3.63, 3.8) is 0 Å². The van der Waals surface area contributed by atoms with E-state index in [-0.39, 0.29) is 12.4 Å². The van der Waals surface area contributed by atoms with Gasteiger partial charge < -0.3 is 22.9 Å². The quantitative estimate of drug-likeness (QED) is 0.692. The van der Waals surface area contributed by atoms with E-state index in [0.717, 1.165) is 10.2 Å². The van der Waals surface area contributed by atoms with E-state index in [2.05, 4.69) is 15.9 Å².